The van der Waals surface area contributed by atoms with Gasteiger partial charge in [-0.05, 0) is 44.1 Å². The van der Waals surface area contributed by atoms with E-state index in [-0.39, 0.29) is 0 Å². The molecule has 0 amide bonds. The lowest BCUT2D eigenvalue weighted by Gasteiger charge is -2.21. The first kappa shape index (κ1) is 10.8. The van der Waals surface area contributed by atoms with E-state index in [1.54, 1.807) is 0 Å². The van der Waals surface area contributed by atoms with Gasteiger partial charge in [0.25, 0.3) is 0 Å². The number of anilines is 1. The number of benzene rings is 1. The molecule has 0 radical (unpaired) electrons. The van der Waals surface area contributed by atoms with Crippen LogP contribution in [0.3, 0.4) is 0 Å². The Kier molecular flexibility index (Phi) is 3.88. The summed E-state index contributed by atoms with van der Waals surface area (Å²) in [5, 5.41) is 3.31. The zero-order valence-electron chi connectivity index (χ0n) is 8.61. The Balaban J connectivity index is 1.81. The molecule has 0 aromatic heterocycles. The molecule has 1 aliphatic heterocycles. The monoisotopic (exact) mass is 224 g/mol. The molecule has 1 aromatic carbocycles. The van der Waals surface area contributed by atoms with Crippen molar-refractivity contribution in [1.29, 1.82) is 0 Å². The summed E-state index contributed by atoms with van der Waals surface area (Å²) in [7, 11) is 0. The van der Waals surface area contributed by atoms with E-state index in [1.165, 1.54) is 12.0 Å². The number of rotatable bonds is 3. The molecule has 1 aromatic rings. The zero-order valence-corrected chi connectivity index (χ0v) is 9.43. The van der Waals surface area contributed by atoms with Crippen LogP contribution >= 0.6 is 12.0 Å². The molecule has 1 saturated heterocycles. The van der Waals surface area contributed by atoms with Crippen molar-refractivity contribution >= 4 is 17.7 Å². The summed E-state index contributed by atoms with van der Waals surface area (Å²) in [6.45, 7) is 2.12. The molecule has 2 rings (SSSR count). The number of nitrogen functional groups attached to an aromatic ring is 1. The van der Waals surface area contributed by atoms with E-state index in [2.05, 4.69) is 5.32 Å². The highest BCUT2D eigenvalue weighted by Crippen LogP contribution is 2.25. The minimum atomic E-state index is 0.373. The minimum Gasteiger partial charge on any atom is -0.399 e. The molecule has 0 spiro atoms. The molecule has 4 heteroatoms. The van der Waals surface area contributed by atoms with Gasteiger partial charge in [0.2, 0.25) is 0 Å². The van der Waals surface area contributed by atoms with Gasteiger partial charge in [-0.1, -0.05) is 6.07 Å². The van der Waals surface area contributed by atoms with E-state index >= 15 is 0 Å². The number of nitrogens with one attached hydrogen (secondary N) is 1. The highest BCUT2D eigenvalue weighted by Gasteiger charge is 2.13. The fourth-order valence-corrected chi connectivity index (χ4v) is 2.34. The highest BCUT2D eigenvalue weighted by atomic mass is 32.2. The second-order valence-corrected chi connectivity index (χ2v) is 4.53. The summed E-state index contributed by atoms with van der Waals surface area (Å²) < 4.78 is 5.75. The lowest BCUT2D eigenvalue weighted by Crippen LogP contribution is -2.31. The van der Waals surface area contributed by atoms with Gasteiger partial charge in [0.15, 0.2) is 0 Å². The predicted octanol–water partition coefficient (Wildman–Crippen LogP) is 2.04. The lowest BCUT2D eigenvalue weighted by atomic mass is 10.1. The van der Waals surface area contributed by atoms with Crippen molar-refractivity contribution in [3.8, 4) is 0 Å². The van der Waals surface area contributed by atoms with E-state index in [4.69, 9.17) is 9.92 Å². The van der Waals surface area contributed by atoms with Crippen molar-refractivity contribution in [3.63, 3.8) is 0 Å². The normalized spacial score (nSPS) is 17.9. The lowest BCUT2D eigenvalue weighted by molar-refractivity contribution is 0.194. The largest absolute Gasteiger partial charge is 0.399 e. The van der Waals surface area contributed by atoms with Gasteiger partial charge in [0, 0.05) is 22.6 Å². The van der Waals surface area contributed by atoms with Crippen LogP contribution in [0.5, 0.6) is 0 Å². The van der Waals surface area contributed by atoms with Crippen LogP contribution in [0.25, 0.3) is 0 Å². The van der Waals surface area contributed by atoms with Crippen molar-refractivity contribution in [2.75, 3.05) is 18.8 Å². The molecule has 0 bridgehead atoms. The first-order valence-corrected chi connectivity index (χ1v) is 5.98. The van der Waals surface area contributed by atoms with Gasteiger partial charge in [-0.3, -0.25) is 0 Å². The Labute approximate surface area is 94.6 Å². The molecule has 1 aliphatic rings. The summed E-state index contributed by atoms with van der Waals surface area (Å²) >= 11 is 1.43. The summed E-state index contributed by atoms with van der Waals surface area (Å²) in [4.78, 5) is 1.08. The molecule has 0 unspecified atom stereocenters. The summed E-state index contributed by atoms with van der Waals surface area (Å²) in [5.74, 6) is 0. The fourth-order valence-electron chi connectivity index (χ4n) is 1.58. The maximum Gasteiger partial charge on any atom is 0.0751 e. The molecular formula is C11H16N2OS. The Hall–Kier alpha value is -0.710. The number of nitrogens with two attached hydrogens (primary N) is 1. The first-order valence-electron chi connectivity index (χ1n) is 5.24. The van der Waals surface area contributed by atoms with Crippen LogP contribution in [0.15, 0.2) is 29.2 Å². The molecule has 0 aliphatic carbocycles. The van der Waals surface area contributed by atoms with Crippen molar-refractivity contribution in [2.24, 2.45) is 0 Å². The molecule has 1 fully saturated rings. The maximum atomic E-state index is 5.75. The quantitative estimate of drug-likeness (QED) is 0.609. The zero-order chi connectivity index (χ0) is 10.5. The van der Waals surface area contributed by atoms with Crippen LogP contribution in [0.1, 0.15) is 12.8 Å². The topological polar surface area (TPSA) is 47.3 Å². The Morgan fingerprint density at radius 2 is 2.13 bits per heavy atom. The molecule has 82 valence electrons. The second kappa shape index (κ2) is 5.39. The Bertz CT molecular complexity index is 313. The van der Waals surface area contributed by atoms with Gasteiger partial charge >= 0.3 is 0 Å². The van der Waals surface area contributed by atoms with Gasteiger partial charge < -0.3 is 15.2 Å². The third-order valence-corrected chi connectivity index (χ3v) is 3.24. The highest BCUT2D eigenvalue weighted by molar-refractivity contribution is 7.94. The molecular weight excluding hydrogens is 208 g/mol. The van der Waals surface area contributed by atoms with Crippen LogP contribution in [0, 0.1) is 0 Å². The van der Waals surface area contributed by atoms with Crippen molar-refractivity contribution in [3.05, 3.63) is 24.3 Å². The molecule has 3 nitrogen and oxygen atoms in total. The minimum absolute atomic E-state index is 0.373. The number of hydrogen-bond donors (Lipinski definition) is 2. The average Bonchev–Trinajstić information content (AvgIpc) is 2.28. The van der Waals surface area contributed by atoms with Crippen molar-refractivity contribution in [2.45, 2.75) is 23.8 Å². The Morgan fingerprint density at radius 1 is 1.33 bits per heavy atom. The standard InChI is InChI=1S/C11H16N2OS/c12-9-2-1-3-11(8-9)15-14-10-4-6-13-7-5-10/h1-3,8,10,13H,4-7,12H2. The Morgan fingerprint density at radius 3 is 2.87 bits per heavy atom. The van der Waals surface area contributed by atoms with E-state index in [1.807, 2.05) is 24.3 Å². The van der Waals surface area contributed by atoms with Crippen LogP contribution in [-0.2, 0) is 4.18 Å². The van der Waals surface area contributed by atoms with E-state index in [9.17, 15) is 0 Å². The second-order valence-electron chi connectivity index (χ2n) is 3.70. The summed E-state index contributed by atoms with van der Waals surface area (Å²) in [6.07, 6.45) is 2.56. The van der Waals surface area contributed by atoms with Crippen LogP contribution in [0.4, 0.5) is 5.69 Å². The average molecular weight is 224 g/mol. The van der Waals surface area contributed by atoms with Gasteiger partial charge in [-0.15, -0.1) is 0 Å². The van der Waals surface area contributed by atoms with E-state index < -0.39 is 0 Å². The van der Waals surface area contributed by atoms with Crippen LogP contribution in [-0.4, -0.2) is 19.2 Å². The smallest absolute Gasteiger partial charge is 0.0751 e. The number of hydrogen-bond acceptors (Lipinski definition) is 4. The summed E-state index contributed by atoms with van der Waals surface area (Å²) in [6, 6.07) is 7.78. The van der Waals surface area contributed by atoms with Crippen LogP contribution in [0.2, 0.25) is 0 Å². The number of piperidine rings is 1. The molecule has 0 atom stereocenters. The molecule has 15 heavy (non-hydrogen) atoms. The third-order valence-electron chi connectivity index (χ3n) is 2.42. The van der Waals surface area contributed by atoms with E-state index in [0.29, 0.717) is 6.10 Å². The van der Waals surface area contributed by atoms with Crippen molar-refractivity contribution < 1.29 is 4.18 Å². The molecule has 3 N–H and O–H groups in total. The van der Waals surface area contributed by atoms with Gasteiger partial charge in [-0.2, -0.15) is 0 Å². The van der Waals surface area contributed by atoms with Gasteiger partial charge in [0.1, 0.15) is 0 Å². The third kappa shape index (κ3) is 3.41. The predicted molar refractivity (Wildman–Crippen MR) is 63.7 cm³/mol. The van der Waals surface area contributed by atoms with Gasteiger partial charge in [-0.25, -0.2) is 0 Å². The van der Waals surface area contributed by atoms with Gasteiger partial charge in [0.05, 0.1) is 6.10 Å². The van der Waals surface area contributed by atoms with Crippen molar-refractivity contribution in [1.82, 2.24) is 5.32 Å². The van der Waals surface area contributed by atoms with E-state index in [0.717, 1.165) is 36.5 Å². The molecule has 0 saturated carbocycles. The fraction of sp³-hybridized carbons (Fsp3) is 0.455. The van der Waals surface area contributed by atoms with Crippen LogP contribution < -0.4 is 11.1 Å². The molecule has 1 heterocycles. The summed E-state index contributed by atoms with van der Waals surface area (Å²) in [5.41, 5.74) is 6.47. The first-order chi connectivity index (χ1) is 7.34. The SMILES string of the molecule is Nc1cccc(SOC2CCNCC2)c1. The maximum absolute atomic E-state index is 5.75.